The van der Waals surface area contributed by atoms with Gasteiger partial charge in [-0.15, -0.1) is 0 Å². The minimum atomic E-state index is 0.343. The maximum Gasteiger partial charge on any atom is 0.129 e. The molecule has 0 bridgehead atoms. The van der Waals surface area contributed by atoms with Crippen LogP contribution in [0.4, 0.5) is 0 Å². The Morgan fingerprint density at radius 3 is 3.11 bits per heavy atom. The van der Waals surface area contributed by atoms with Crippen molar-refractivity contribution in [2.75, 3.05) is 20.2 Å². The fourth-order valence-electron chi connectivity index (χ4n) is 2.51. The molecule has 1 aromatic rings. The number of methoxy groups -OCH3 is 1. The Morgan fingerprint density at radius 2 is 2.44 bits per heavy atom. The maximum absolute atomic E-state index is 5.90. The first-order valence-corrected chi connectivity index (χ1v) is 6.68. The third-order valence-electron chi connectivity index (χ3n) is 3.57. The number of hydrogen-bond acceptors (Lipinski definition) is 4. The van der Waals surface area contributed by atoms with E-state index in [0.717, 1.165) is 25.9 Å². The minimum absolute atomic E-state index is 0.343. The van der Waals surface area contributed by atoms with Gasteiger partial charge in [0, 0.05) is 39.0 Å². The van der Waals surface area contributed by atoms with E-state index >= 15 is 0 Å². The van der Waals surface area contributed by atoms with Crippen LogP contribution in [0.1, 0.15) is 18.4 Å². The summed E-state index contributed by atoms with van der Waals surface area (Å²) in [5, 5.41) is 0.545. The largest absolute Gasteiger partial charge is 0.381 e. The topological polar surface area (TPSA) is 51.4 Å². The predicted molar refractivity (Wildman–Crippen MR) is 72.5 cm³/mol. The minimum Gasteiger partial charge on any atom is -0.381 e. The number of rotatable bonds is 4. The Balaban J connectivity index is 2.00. The fourth-order valence-corrected chi connectivity index (χ4v) is 2.70. The highest BCUT2D eigenvalue weighted by molar-refractivity contribution is 6.29. The van der Waals surface area contributed by atoms with Gasteiger partial charge in [-0.3, -0.25) is 4.90 Å². The molecule has 18 heavy (non-hydrogen) atoms. The van der Waals surface area contributed by atoms with Gasteiger partial charge in [-0.2, -0.15) is 0 Å². The molecule has 0 aliphatic carbocycles. The zero-order valence-electron chi connectivity index (χ0n) is 10.7. The van der Waals surface area contributed by atoms with Crippen molar-refractivity contribution in [3.05, 3.63) is 29.0 Å². The van der Waals surface area contributed by atoms with Crippen molar-refractivity contribution in [3.63, 3.8) is 0 Å². The molecule has 0 aromatic carbocycles. The molecule has 1 fully saturated rings. The number of hydrogen-bond donors (Lipinski definition) is 1. The molecule has 0 radical (unpaired) electrons. The van der Waals surface area contributed by atoms with Crippen LogP contribution in [0, 0.1) is 0 Å². The molecule has 0 amide bonds. The molecule has 0 saturated carbocycles. The molecule has 5 heteroatoms. The molecular formula is C13H20ClN3O. The zero-order chi connectivity index (χ0) is 13.0. The number of halogens is 1. The monoisotopic (exact) mass is 269 g/mol. The van der Waals surface area contributed by atoms with Crippen LogP contribution in [0.3, 0.4) is 0 Å². The molecule has 2 rings (SSSR count). The summed E-state index contributed by atoms with van der Waals surface area (Å²) in [7, 11) is 1.77. The van der Waals surface area contributed by atoms with Crippen molar-refractivity contribution in [2.24, 2.45) is 5.73 Å². The summed E-state index contributed by atoms with van der Waals surface area (Å²) >= 11 is 5.90. The summed E-state index contributed by atoms with van der Waals surface area (Å²) < 4.78 is 5.43. The molecule has 2 unspecified atom stereocenters. The summed E-state index contributed by atoms with van der Waals surface area (Å²) in [5.74, 6) is 0. The van der Waals surface area contributed by atoms with E-state index in [2.05, 4.69) is 9.88 Å². The third kappa shape index (κ3) is 3.42. The number of ether oxygens (including phenoxy) is 1. The van der Waals surface area contributed by atoms with Crippen molar-refractivity contribution in [1.82, 2.24) is 9.88 Å². The average Bonchev–Trinajstić information content (AvgIpc) is 2.39. The Bertz CT molecular complexity index is 388. The number of likely N-dealkylation sites (tertiary alicyclic amines) is 1. The van der Waals surface area contributed by atoms with Gasteiger partial charge >= 0.3 is 0 Å². The average molecular weight is 270 g/mol. The molecule has 1 aliphatic rings. The number of aromatic nitrogens is 1. The van der Waals surface area contributed by atoms with Crippen LogP contribution >= 0.6 is 11.6 Å². The maximum atomic E-state index is 5.90. The van der Waals surface area contributed by atoms with Crippen LogP contribution < -0.4 is 5.73 Å². The Morgan fingerprint density at radius 1 is 1.61 bits per heavy atom. The lowest BCUT2D eigenvalue weighted by Crippen LogP contribution is -2.47. The first-order valence-electron chi connectivity index (χ1n) is 6.30. The fraction of sp³-hybridized carbons (Fsp3) is 0.615. The smallest absolute Gasteiger partial charge is 0.129 e. The number of nitrogens with zero attached hydrogens (tertiary/aromatic N) is 2. The van der Waals surface area contributed by atoms with Crippen molar-refractivity contribution in [2.45, 2.75) is 31.5 Å². The van der Waals surface area contributed by atoms with E-state index in [-0.39, 0.29) is 0 Å². The Kier molecular flexibility index (Phi) is 4.95. The van der Waals surface area contributed by atoms with E-state index in [1.807, 2.05) is 12.1 Å². The van der Waals surface area contributed by atoms with Crippen LogP contribution in [-0.4, -0.2) is 42.2 Å². The normalized spacial score (nSPS) is 25.3. The second-order valence-corrected chi connectivity index (χ2v) is 5.12. The van der Waals surface area contributed by atoms with Gasteiger partial charge in [0.25, 0.3) is 0 Å². The van der Waals surface area contributed by atoms with Gasteiger partial charge in [-0.25, -0.2) is 4.98 Å². The van der Waals surface area contributed by atoms with E-state index < -0.39 is 0 Å². The lowest BCUT2D eigenvalue weighted by Gasteiger charge is -2.38. The van der Waals surface area contributed by atoms with Gasteiger partial charge in [0.2, 0.25) is 0 Å². The lowest BCUT2D eigenvalue weighted by molar-refractivity contribution is 0.0102. The van der Waals surface area contributed by atoms with E-state index in [4.69, 9.17) is 22.1 Å². The zero-order valence-corrected chi connectivity index (χ0v) is 11.4. The van der Waals surface area contributed by atoms with Gasteiger partial charge < -0.3 is 10.5 Å². The first kappa shape index (κ1) is 13.7. The quantitative estimate of drug-likeness (QED) is 0.845. The van der Waals surface area contributed by atoms with E-state index in [0.29, 0.717) is 23.8 Å². The van der Waals surface area contributed by atoms with Crippen LogP contribution in [0.5, 0.6) is 0 Å². The highest BCUT2D eigenvalue weighted by Crippen LogP contribution is 2.21. The van der Waals surface area contributed by atoms with Gasteiger partial charge in [0.1, 0.15) is 5.15 Å². The van der Waals surface area contributed by atoms with Crippen LogP contribution in [0.15, 0.2) is 18.3 Å². The molecule has 1 saturated heterocycles. The van der Waals surface area contributed by atoms with Crippen molar-refractivity contribution in [1.29, 1.82) is 0 Å². The standard InChI is InChI=1S/C13H20ClN3O/c1-18-12-3-5-17(11(7-12)8-15)9-10-2-4-16-13(14)6-10/h2,4,6,11-12H,3,5,7-9,15H2,1H3. The summed E-state index contributed by atoms with van der Waals surface area (Å²) in [6.07, 6.45) is 4.16. The Labute approximate surface area is 113 Å². The predicted octanol–water partition coefficient (Wildman–Crippen LogP) is 1.67. The number of piperidine rings is 1. The SMILES string of the molecule is COC1CCN(Cc2ccnc(Cl)c2)C(CN)C1. The molecule has 1 aromatic heterocycles. The van der Waals surface area contributed by atoms with Crippen LogP contribution in [0.2, 0.25) is 5.15 Å². The number of pyridine rings is 1. The summed E-state index contributed by atoms with van der Waals surface area (Å²) in [4.78, 5) is 6.40. The second-order valence-electron chi connectivity index (χ2n) is 4.73. The molecule has 4 nitrogen and oxygen atoms in total. The van der Waals surface area contributed by atoms with Crippen molar-refractivity contribution < 1.29 is 4.74 Å². The molecule has 2 atom stereocenters. The van der Waals surface area contributed by atoms with Gasteiger partial charge in [0.15, 0.2) is 0 Å². The second kappa shape index (κ2) is 6.48. The van der Waals surface area contributed by atoms with Gasteiger partial charge in [-0.05, 0) is 30.5 Å². The summed E-state index contributed by atoms with van der Waals surface area (Å²) in [6.45, 7) is 2.56. The van der Waals surface area contributed by atoms with Crippen LogP contribution in [0.25, 0.3) is 0 Å². The Hall–Kier alpha value is -0.680. The van der Waals surface area contributed by atoms with Crippen LogP contribution in [-0.2, 0) is 11.3 Å². The highest BCUT2D eigenvalue weighted by Gasteiger charge is 2.27. The molecule has 100 valence electrons. The number of nitrogens with two attached hydrogens (primary N) is 1. The molecule has 2 N–H and O–H groups in total. The molecule has 2 heterocycles. The molecular weight excluding hydrogens is 250 g/mol. The van der Waals surface area contributed by atoms with E-state index in [1.54, 1.807) is 13.3 Å². The van der Waals surface area contributed by atoms with E-state index in [1.165, 1.54) is 5.56 Å². The highest BCUT2D eigenvalue weighted by atomic mass is 35.5. The lowest BCUT2D eigenvalue weighted by atomic mass is 9.98. The van der Waals surface area contributed by atoms with Gasteiger partial charge in [-0.1, -0.05) is 11.6 Å². The third-order valence-corrected chi connectivity index (χ3v) is 3.78. The molecule has 1 aliphatic heterocycles. The van der Waals surface area contributed by atoms with Crippen molar-refractivity contribution in [3.8, 4) is 0 Å². The summed E-state index contributed by atoms with van der Waals surface area (Å²) in [6, 6.07) is 4.30. The molecule has 0 spiro atoms. The first-order chi connectivity index (χ1) is 8.72. The van der Waals surface area contributed by atoms with Crippen molar-refractivity contribution >= 4 is 11.6 Å². The summed E-state index contributed by atoms with van der Waals surface area (Å²) in [5.41, 5.74) is 7.04. The van der Waals surface area contributed by atoms with E-state index in [9.17, 15) is 0 Å². The van der Waals surface area contributed by atoms with Gasteiger partial charge in [0.05, 0.1) is 6.10 Å².